The number of hydrogen-bond donors (Lipinski definition) is 2. The lowest BCUT2D eigenvalue weighted by Gasteiger charge is -2.22. The molecule has 2 atom stereocenters. The maximum absolute atomic E-state index is 13.5. The second kappa shape index (κ2) is 7.07. The van der Waals surface area contributed by atoms with Crippen molar-refractivity contribution >= 4 is 29.1 Å². The molecule has 1 aliphatic carbocycles. The van der Waals surface area contributed by atoms with E-state index in [0.29, 0.717) is 13.0 Å². The fraction of sp³-hybridized carbons (Fsp3) is 0.467. The Balaban J connectivity index is 1.96. The lowest BCUT2D eigenvalue weighted by molar-refractivity contribution is -0.142. The van der Waals surface area contributed by atoms with Gasteiger partial charge in [0.15, 0.2) is 0 Å². The molecule has 0 heterocycles. The van der Waals surface area contributed by atoms with E-state index in [4.69, 9.17) is 11.6 Å². The van der Waals surface area contributed by atoms with Crippen molar-refractivity contribution in [2.45, 2.75) is 25.4 Å². The Morgan fingerprint density at radius 2 is 2.18 bits per heavy atom. The number of carbonyl (C=O) groups excluding carboxylic acids is 2. The highest BCUT2D eigenvalue weighted by molar-refractivity contribution is 6.39. The molecular weight excluding hydrogens is 311 g/mol. The van der Waals surface area contributed by atoms with Crippen LogP contribution in [0.5, 0.6) is 0 Å². The van der Waals surface area contributed by atoms with Crippen molar-refractivity contribution in [1.29, 1.82) is 0 Å². The number of nitrogens with one attached hydrogen (secondary N) is 1. The van der Waals surface area contributed by atoms with Gasteiger partial charge in [0.05, 0.1) is 11.8 Å². The zero-order valence-electron chi connectivity index (χ0n) is 12.2. The normalized spacial score (nSPS) is 20.7. The molecule has 2 rings (SSSR count). The highest BCUT2D eigenvalue weighted by Gasteiger charge is 2.29. The third kappa shape index (κ3) is 3.96. The van der Waals surface area contributed by atoms with Crippen LogP contribution in [-0.2, 0) is 9.59 Å². The molecule has 2 unspecified atom stereocenters. The maximum Gasteiger partial charge on any atom is 0.313 e. The largest absolute Gasteiger partial charge is 0.393 e. The van der Waals surface area contributed by atoms with Gasteiger partial charge in [-0.1, -0.05) is 18.0 Å². The highest BCUT2D eigenvalue weighted by atomic mass is 35.5. The van der Waals surface area contributed by atoms with Gasteiger partial charge in [0.1, 0.15) is 5.82 Å². The number of hydrogen-bond acceptors (Lipinski definition) is 3. The third-order valence-corrected chi connectivity index (χ3v) is 4.08. The molecule has 22 heavy (non-hydrogen) atoms. The molecule has 0 aliphatic heterocycles. The predicted molar refractivity (Wildman–Crippen MR) is 81.0 cm³/mol. The lowest BCUT2D eigenvalue weighted by Crippen LogP contribution is -2.41. The summed E-state index contributed by atoms with van der Waals surface area (Å²) in [5, 5.41) is 12.2. The number of nitrogens with zero attached hydrogens (tertiary/aromatic N) is 1. The number of benzene rings is 1. The zero-order chi connectivity index (χ0) is 16.3. The van der Waals surface area contributed by atoms with Crippen LogP contribution < -0.4 is 5.32 Å². The Morgan fingerprint density at radius 3 is 2.82 bits per heavy atom. The van der Waals surface area contributed by atoms with Crippen molar-refractivity contribution in [3.63, 3.8) is 0 Å². The Bertz CT molecular complexity index is 582. The smallest absolute Gasteiger partial charge is 0.313 e. The number of rotatable bonds is 3. The molecule has 2 N–H and O–H groups in total. The summed E-state index contributed by atoms with van der Waals surface area (Å²) in [5.41, 5.74) is -0.139. The topological polar surface area (TPSA) is 69.6 Å². The average Bonchev–Trinajstić information content (AvgIpc) is 2.87. The fourth-order valence-electron chi connectivity index (χ4n) is 2.61. The first kappa shape index (κ1) is 16.7. The molecule has 1 fully saturated rings. The van der Waals surface area contributed by atoms with Gasteiger partial charge in [-0.3, -0.25) is 9.59 Å². The van der Waals surface area contributed by atoms with Crippen molar-refractivity contribution in [2.75, 3.05) is 18.9 Å². The van der Waals surface area contributed by atoms with Gasteiger partial charge >= 0.3 is 11.8 Å². The van der Waals surface area contributed by atoms with E-state index in [1.165, 1.54) is 24.1 Å². The maximum atomic E-state index is 13.5. The first-order valence-corrected chi connectivity index (χ1v) is 7.46. The SMILES string of the molecule is CN(CC1CCCC1O)C(=O)C(=O)Nc1cc(Cl)ccc1F. The van der Waals surface area contributed by atoms with E-state index < -0.39 is 23.7 Å². The van der Waals surface area contributed by atoms with Crippen LogP contribution in [0, 0.1) is 11.7 Å². The summed E-state index contributed by atoms with van der Waals surface area (Å²) in [7, 11) is 1.49. The molecule has 0 bridgehead atoms. The van der Waals surface area contributed by atoms with E-state index in [0.717, 1.165) is 18.9 Å². The first-order chi connectivity index (χ1) is 10.4. The third-order valence-electron chi connectivity index (χ3n) is 3.84. The summed E-state index contributed by atoms with van der Waals surface area (Å²) in [6.45, 7) is 0.297. The monoisotopic (exact) mass is 328 g/mol. The second-order valence-corrected chi connectivity index (χ2v) is 5.96. The number of halogens is 2. The van der Waals surface area contributed by atoms with Crippen LogP contribution in [0.15, 0.2) is 18.2 Å². The van der Waals surface area contributed by atoms with Crippen LogP contribution >= 0.6 is 11.6 Å². The molecule has 120 valence electrons. The lowest BCUT2D eigenvalue weighted by atomic mass is 10.1. The molecule has 1 aromatic carbocycles. The van der Waals surface area contributed by atoms with E-state index in [1.54, 1.807) is 0 Å². The predicted octanol–water partition coefficient (Wildman–Crippen LogP) is 2.04. The molecule has 0 aromatic heterocycles. The first-order valence-electron chi connectivity index (χ1n) is 7.08. The van der Waals surface area contributed by atoms with Gasteiger partial charge in [-0.25, -0.2) is 4.39 Å². The quantitative estimate of drug-likeness (QED) is 0.834. The Kier molecular flexibility index (Phi) is 5.37. The Morgan fingerprint density at radius 1 is 1.45 bits per heavy atom. The van der Waals surface area contributed by atoms with Crippen molar-refractivity contribution in [3.8, 4) is 0 Å². The summed E-state index contributed by atoms with van der Waals surface area (Å²) in [6.07, 6.45) is 2.01. The van der Waals surface area contributed by atoms with Gasteiger partial charge < -0.3 is 15.3 Å². The van der Waals surface area contributed by atoms with Gasteiger partial charge in [0.2, 0.25) is 0 Å². The van der Waals surface area contributed by atoms with Gasteiger partial charge in [-0.15, -0.1) is 0 Å². The van der Waals surface area contributed by atoms with Crippen LogP contribution in [0.25, 0.3) is 0 Å². The summed E-state index contributed by atoms with van der Waals surface area (Å²) in [4.78, 5) is 25.2. The van der Waals surface area contributed by atoms with E-state index in [-0.39, 0.29) is 16.6 Å². The molecule has 2 amide bonds. The molecule has 0 saturated heterocycles. The number of likely N-dealkylation sites (N-methyl/N-ethyl adjacent to an activating group) is 1. The number of aliphatic hydroxyl groups is 1. The van der Waals surface area contributed by atoms with Crippen molar-refractivity contribution in [1.82, 2.24) is 4.90 Å². The van der Waals surface area contributed by atoms with Crippen LogP contribution in [0.2, 0.25) is 5.02 Å². The van der Waals surface area contributed by atoms with E-state index >= 15 is 0 Å². The molecule has 7 heteroatoms. The molecule has 0 spiro atoms. The van der Waals surface area contributed by atoms with Crippen molar-refractivity contribution in [3.05, 3.63) is 29.0 Å². The molecule has 1 saturated carbocycles. The van der Waals surface area contributed by atoms with E-state index in [2.05, 4.69) is 5.32 Å². The minimum absolute atomic E-state index is 0.0235. The van der Waals surface area contributed by atoms with Crippen molar-refractivity contribution < 1.29 is 19.1 Å². The summed E-state index contributed by atoms with van der Waals surface area (Å²) < 4.78 is 13.5. The standard InChI is InChI=1S/C15H18ClFN2O3/c1-19(8-9-3-2-4-13(9)20)15(22)14(21)18-12-7-10(16)5-6-11(12)17/h5-7,9,13,20H,2-4,8H2,1H3,(H,18,21). The van der Waals surface area contributed by atoms with Crippen molar-refractivity contribution in [2.24, 2.45) is 5.92 Å². The van der Waals surface area contributed by atoms with Gasteiger partial charge in [0, 0.05) is 24.5 Å². The number of carbonyl (C=O) groups is 2. The average molecular weight is 329 g/mol. The van der Waals surface area contributed by atoms with Gasteiger partial charge in [-0.05, 0) is 31.0 Å². The van der Waals surface area contributed by atoms with Crippen LogP contribution in [0.1, 0.15) is 19.3 Å². The molecular formula is C15H18ClFN2O3. The minimum atomic E-state index is -0.934. The number of aliphatic hydroxyl groups excluding tert-OH is 1. The van der Waals surface area contributed by atoms with Gasteiger partial charge in [0.25, 0.3) is 0 Å². The Labute approximate surface area is 133 Å². The highest BCUT2D eigenvalue weighted by Crippen LogP contribution is 2.26. The van der Waals surface area contributed by atoms with Crippen LogP contribution in [0.3, 0.4) is 0 Å². The number of amides is 2. The summed E-state index contributed by atoms with van der Waals surface area (Å²) >= 11 is 5.73. The van der Waals surface area contributed by atoms with E-state index in [9.17, 15) is 19.1 Å². The summed E-state index contributed by atoms with van der Waals surface area (Å²) in [6, 6.07) is 3.70. The second-order valence-electron chi connectivity index (χ2n) is 5.52. The van der Waals surface area contributed by atoms with Crippen LogP contribution in [-0.4, -0.2) is 41.5 Å². The van der Waals surface area contributed by atoms with E-state index in [1.807, 2.05) is 0 Å². The minimum Gasteiger partial charge on any atom is -0.393 e. The van der Waals surface area contributed by atoms with Gasteiger partial charge in [-0.2, -0.15) is 0 Å². The molecule has 1 aromatic rings. The Hall–Kier alpha value is -1.66. The van der Waals surface area contributed by atoms with Crippen LogP contribution in [0.4, 0.5) is 10.1 Å². The molecule has 0 radical (unpaired) electrons. The molecule has 1 aliphatic rings. The summed E-state index contributed by atoms with van der Waals surface area (Å²) in [5.74, 6) is -2.40. The number of anilines is 1. The zero-order valence-corrected chi connectivity index (χ0v) is 12.9. The fourth-order valence-corrected chi connectivity index (χ4v) is 2.78. The molecule has 5 nitrogen and oxygen atoms in total.